The van der Waals surface area contributed by atoms with Crippen molar-refractivity contribution in [2.75, 3.05) is 46.5 Å². The summed E-state index contributed by atoms with van der Waals surface area (Å²) in [5, 5.41) is 3.02. The molecule has 0 aliphatic carbocycles. The number of nitrogens with one attached hydrogen (secondary N) is 1. The monoisotopic (exact) mass is 333 g/mol. The first-order valence-electron chi connectivity index (χ1n) is 8.74. The highest BCUT2D eigenvalue weighted by molar-refractivity contribution is 5.74. The van der Waals surface area contributed by atoms with Crippen LogP contribution in [0.2, 0.25) is 0 Å². The molecule has 1 atom stereocenters. The Morgan fingerprint density at radius 1 is 1.25 bits per heavy atom. The van der Waals surface area contributed by atoms with Crippen LogP contribution in [0.4, 0.5) is 4.79 Å². The summed E-state index contributed by atoms with van der Waals surface area (Å²) >= 11 is 0. The van der Waals surface area contributed by atoms with E-state index in [9.17, 15) is 4.79 Å². The van der Waals surface area contributed by atoms with Gasteiger partial charge in [0.05, 0.1) is 13.7 Å². The van der Waals surface area contributed by atoms with Crippen LogP contribution in [0.25, 0.3) is 0 Å². The molecular formula is C18H27N3O3. The van der Waals surface area contributed by atoms with Crippen LogP contribution in [0.3, 0.4) is 0 Å². The molecule has 3 rings (SSSR count). The molecule has 1 unspecified atom stereocenters. The fourth-order valence-corrected chi connectivity index (χ4v) is 3.35. The van der Waals surface area contributed by atoms with Gasteiger partial charge in [-0.05, 0) is 30.5 Å². The number of carbonyl (C=O) groups excluding carboxylic acids is 1. The predicted octanol–water partition coefficient (Wildman–Crippen LogP) is 1.70. The molecule has 0 radical (unpaired) electrons. The SMILES string of the molecule is COc1ccc(CNC(=O)N2CCCN(C3CCOC3)CC2)cc1. The fourth-order valence-electron chi connectivity index (χ4n) is 3.35. The average Bonchev–Trinajstić information content (AvgIpc) is 3.04. The molecule has 2 amide bonds. The molecule has 2 aliphatic heterocycles. The molecule has 132 valence electrons. The first kappa shape index (κ1) is 17.0. The van der Waals surface area contributed by atoms with E-state index in [4.69, 9.17) is 9.47 Å². The summed E-state index contributed by atoms with van der Waals surface area (Å²) in [7, 11) is 1.65. The highest BCUT2D eigenvalue weighted by Gasteiger charge is 2.26. The van der Waals surface area contributed by atoms with Gasteiger partial charge in [0, 0.05) is 45.4 Å². The molecule has 2 fully saturated rings. The largest absolute Gasteiger partial charge is 0.497 e. The van der Waals surface area contributed by atoms with Gasteiger partial charge in [-0.3, -0.25) is 4.90 Å². The van der Waals surface area contributed by atoms with E-state index in [-0.39, 0.29) is 6.03 Å². The van der Waals surface area contributed by atoms with E-state index in [2.05, 4.69) is 10.2 Å². The summed E-state index contributed by atoms with van der Waals surface area (Å²) in [6.45, 7) is 5.83. The normalized spacial score (nSPS) is 22.2. The van der Waals surface area contributed by atoms with E-state index in [0.717, 1.165) is 63.5 Å². The molecule has 0 aromatic heterocycles. The van der Waals surface area contributed by atoms with Crippen molar-refractivity contribution < 1.29 is 14.3 Å². The number of nitrogens with zero attached hydrogens (tertiary/aromatic N) is 2. The quantitative estimate of drug-likeness (QED) is 0.911. The van der Waals surface area contributed by atoms with Crippen LogP contribution in [0.1, 0.15) is 18.4 Å². The van der Waals surface area contributed by atoms with Gasteiger partial charge in [-0.25, -0.2) is 4.79 Å². The Labute approximate surface area is 143 Å². The average molecular weight is 333 g/mol. The minimum absolute atomic E-state index is 0.0235. The van der Waals surface area contributed by atoms with Crippen LogP contribution in [0, 0.1) is 0 Å². The topological polar surface area (TPSA) is 54.0 Å². The lowest BCUT2D eigenvalue weighted by Crippen LogP contribution is -2.43. The molecule has 0 bridgehead atoms. The van der Waals surface area contributed by atoms with Crippen LogP contribution in [0.15, 0.2) is 24.3 Å². The van der Waals surface area contributed by atoms with Gasteiger partial charge in [-0.1, -0.05) is 12.1 Å². The second kappa shape index (κ2) is 8.35. The number of hydrogen-bond donors (Lipinski definition) is 1. The predicted molar refractivity (Wildman–Crippen MR) is 92.2 cm³/mol. The fraction of sp³-hybridized carbons (Fsp3) is 0.611. The van der Waals surface area contributed by atoms with Crippen molar-refractivity contribution in [3.8, 4) is 5.75 Å². The van der Waals surface area contributed by atoms with Crippen LogP contribution in [-0.2, 0) is 11.3 Å². The summed E-state index contributed by atoms with van der Waals surface area (Å²) in [4.78, 5) is 16.8. The maximum absolute atomic E-state index is 12.4. The second-order valence-electron chi connectivity index (χ2n) is 6.40. The molecule has 0 saturated carbocycles. The van der Waals surface area contributed by atoms with Gasteiger partial charge in [0.25, 0.3) is 0 Å². The second-order valence-corrected chi connectivity index (χ2v) is 6.40. The Morgan fingerprint density at radius 3 is 2.79 bits per heavy atom. The third-order valence-electron chi connectivity index (χ3n) is 4.84. The van der Waals surface area contributed by atoms with Crippen LogP contribution >= 0.6 is 0 Å². The summed E-state index contributed by atoms with van der Waals surface area (Å²) in [6, 6.07) is 8.33. The van der Waals surface area contributed by atoms with E-state index in [0.29, 0.717) is 12.6 Å². The van der Waals surface area contributed by atoms with Crippen molar-refractivity contribution in [3.63, 3.8) is 0 Å². The van der Waals surface area contributed by atoms with Crippen molar-refractivity contribution in [2.45, 2.75) is 25.4 Å². The molecule has 2 aliphatic rings. The standard InChI is InChI=1S/C18H27N3O3/c1-23-17-5-3-15(4-6-17)13-19-18(22)21-9-2-8-20(10-11-21)16-7-12-24-14-16/h3-6,16H,2,7-14H2,1H3,(H,19,22). The van der Waals surface area contributed by atoms with Gasteiger partial charge >= 0.3 is 6.03 Å². The summed E-state index contributed by atoms with van der Waals surface area (Å²) in [6.07, 6.45) is 2.14. The smallest absolute Gasteiger partial charge is 0.317 e. The molecule has 2 heterocycles. The molecule has 24 heavy (non-hydrogen) atoms. The minimum Gasteiger partial charge on any atom is -0.497 e. The number of rotatable bonds is 4. The number of amides is 2. The highest BCUT2D eigenvalue weighted by Crippen LogP contribution is 2.15. The first-order valence-corrected chi connectivity index (χ1v) is 8.74. The summed E-state index contributed by atoms with van der Waals surface area (Å²) in [5.41, 5.74) is 1.07. The number of carbonyl (C=O) groups is 1. The number of benzene rings is 1. The van der Waals surface area contributed by atoms with Gasteiger partial charge in [0.15, 0.2) is 0 Å². The molecule has 6 heteroatoms. The zero-order valence-electron chi connectivity index (χ0n) is 14.4. The molecular weight excluding hydrogens is 306 g/mol. The van der Waals surface area contributed by atoms with Gasteiger partial charge < -0.3 is 19.7 Å². The molecule has 6 nitrogen and oxygen atoms in total. The molecule has 1 aromatic rings. The van der Waals surface area contributed by atoms with Crippen LogP contribution < -0.4 is 10.1 Å². The van der Waals surface area contributed by atoms with Crippen molar-refractivity contribution in [1.82, 2.24) is 15.1 Å². The zero-order valence-corrected chi connectivity index (χ0v) is 14.4. The Kier molecular flexibility index (Phi) is 5.93. The third kappa shape index (κ3) is 4.39. The van der Waals surface area contributed by atoms with E-state index in [1.54, 1.807) is 7.11 Å². The van der Waals surface area contributed by atoms with E-state index < -0.39 is 0 Å². The summed E-state index contributed by atoms with van der Waals surface area (Å²) < 4.78 is 10.6. The van der Waals surface area contributed by atoms with Crippen molar-refractivity contribution >= 4 is 6.03 Å². The Hall–Kier alpha value is -1.79. The molecule has 1 aromatic carbocycles. The summed E-state index contributed by atoms with van der Waals surface area (Å²) in [5.74, 6) is 0.827. The lowest BCUT2D eigenvalue weighted by molar-refractivity contribution is 0.145. The van der Waals surface area contributed by atoms with Crippen molar-refractivity contribution in [2.24, 2.45) is 0 Å². The van der Waals surface area contributed by atoms with Crippen LogP contribution in [0.5, 0.6) is 5.75 Å². The lowest BCUT2D eigenvalue weighted by atomic mass is 10.2. The van der Waals surface area contributed by atoms with E-state index in [1.165, 1.54) is 0 Å². The van der Waals surface area contributed by atoms with Gasteiger partial charge in [-0.2, -0.15) is 0 Å². The minimum atomic E-state index is 0.0235. The lowest BCUT2D eigenvalue weighted by Gasteiger charge is -2.26. The van der Waals surface area contributed by atoms with E-state index >= 15 is 0 Å². The first-order chi connectivity index (χ1) is 11.8. The third-order valence-corrected chi connectivity index (χ3v) is 4.84. The Bertz CT molecular complexity index is 529. The number of methoxy groups -OCH3 is 1. The maximum Gasteiger partial charge on any atom is 0.317 e. The van der Waals surface area contributed by atoms with Gasteiger partial charge in [0.2, 0.25) is 0 Å². The zero-order chi connectivity index (χ0) is 16.8. The maximum atomic E-state index is 12.4. The highest BCUT2D eigenvalue weighted by atomic mass is 16.5. The van der Waals surface area contributed by atoms with Crippen LogP contribution in [-0.4, -0.2) is 68.4 Å². The number of hydrogen-bond acceptors (Lipinski definition) is 4. The van der Waals surface area contributed by atoms with Gasteiger partial charge in [-0.15, -0.1) is 0 Å². The van der Waals surface area contributed by atoms with Crippen molar-refractivity contribution in [3.05, 3.63) is 29.8 Å². The van der Waals surface area contributed by atoms with E-state index in [1.807, 2.05) is 29.2 Å². The Balaban J connectivity index is 1.46. The number of ether oxygens (including phenoxy) is 2. The number of urea groups is 1. The molecule has 0 spiro atoms. The van der Waals surface area contributed by atoms with Gasteiger partial charge in [0.1, 0.15) is 5.75 Å². The molecule has 2 saturated heterocycles. The Morgan fingerprint density at radius 2 is 2.08 bits per heavy atom. The molecule has 1 N–H and O–H groups in total. The van der Waals surface area contributed by atoms with Crippen molar-refractivity contribution in [1.29, 1.82) is 0 Å².